The molecule has 0 radical (unpaired) electrons. The van der Waals surface area contributed by atoms with Crippen molar-refractivity contribution in [1.29, 1.82) is 0 Å². The van der Waals surface area contributed by atoms with E-state index >= 15 is 0 Å². The first-order valence-corrected chi connectivity index (χ1v) is 9.18. The van der Waals surface area contributed by atoms with Crippen LogP contribution in [0.4, 0.5) is 11.4 Å². The molecule has 3 aromatic rings. The van der Waals surface area contributed by atoms with Gasteiger partial charge < -0.3 is 5.11 Å². The molecule has 29 heavy (non-hydrogen) atoms. The van der Waals surface area contributed by atoms with Gasteiger partial charge >= 0.3 is 5.97 Å². The van der Waals surface area contributed by atoms with Gasteiger partial charge in [0.1, 0.15) is 6.04 Å². The Morgan fingerprint density at radius 2 is 1.55 bits per heavy atom. The molecule has 0 saturated heterocycles. The molecule has 0 aliphatic heterocycles. The predicted molar refractivity (Wildman–Crippen MR) is 110 cm³/mol. The summed E-state index contributed by atoms with van der Waals surface area (Å²) in [6.45, 7) is 0.305. The number of rotatable bonds is 9. The van der Waals surface area contributed by atoms with Crippen LogP contribution in [0.2, 0.25) is 0 Å². The van der Waals surface area contributed by atoms with Gasteiger partial charge in [-0.1, -0.05) is 42.5 Å². The quantitative estimate of drug-likeness (QED) is 0.487. The largest absolute Gasteiger partial charge is 0.480 e. The van der Waals surface area contributed by atoms with Crippen LogP contribution < -0.4 is 15.8 Å². The molecule has 0 bridgehead atoms. The lowest BCUT2D eigenvalue weighted by molar-refractivity contribution is -0.141. The summed E-state index contributed by atoms with van der Waals surface area (Å²) in [6.07, 6.45) is 3.08. The fraction of sp³-hybridized carbons (Fsp3) is 0.136. The highest BCUT2D eigenvalue weighted by Crippen LogP contribution is 2.22. The highest BCUT2D eigenvalue weighted by molar-refractivity contribution is 5.86. The van der Waals surface area contributed by atoms with Crippen LogP contribution in [0.5, 0.6) is 0 Å². The Hall–Kier alpha value is -3.71. The smallest absolute Gasteiger partial charge is 0.321 e. The summed E-state index contributed by atoms with van der Waals surface area (Å²) in [6, 6.07) is 21.3. The van der Waals surface area contributed by atoms with Gasteiger partial charge in [-0.15, -0.1) is 0 Å². The number of carboxylic acid groups (broad SMARTS) is 1. The summed E-state index contributed by atoms with van der Waals surface area (Å²) in [5.74, 6) is -1.50. The SMILES string of the molecule is O=C(C[C@@H](NCc1cccnc1)C(=O)O)NN(c1ccccc1)c1ccccc1. The van der Waals surface area contributed by atoms with Crippen molar-refractivity contribution in [3.8, 4) is 0 Å². The molecule has 7 nitrogen and oxygen atoms in total. The normalized spacial score (nSPS) is 11.4. The van der Waals surface area contributed by atoms with E-state index in [9.17, 15) is 14.7 Å². The number of para-hydroxylation sites is 2. The van der Waals surface area contributed by atoms with E-state index in [0.29, 0.717) is 6.54 Å². The number of hydrogen-bond acceptors (Lipinski definition) is 5. The minimum absolute atomic E-state index is 0.217. The summed E-state index contributed by atoms with van der Waals surface area (Å²) in [7, 11) is 0. The van der Waals surface area contributed by atoms with Gasteiger partial charge in [-0.2, -0.15) is 0 Å². The lowest BCUT2D eigenvalue weighted by Gasteiger charge is -2.26. The number of pyridine rings is 1. The molecule has 0 saturated carbocycles. The number of hydrazine groups is 1. The molecular weight excluding hydrogens is 368 g/mol. The molecule has 3 N–H and O–H groups in total. The minimum atomic E-state index is -1.09. The molecular formula is C22H22N4O3. The predicted octanol–water partition coefficient (Wildman–Crippen LogP) is 2.88. The number of nitrogens with zero attached hydrogens (tertiary/aromatic N) is 2. The van der Waals surface area contributed by atoms with Crippen molar-refractivity contribution in [3.05, 3.63) is 90.8 Å². The first kappa shape index (κ1) is 20.0. The minimum Gasteiger partial charge on any atom is -0.480 e. The second-order valence-electron chi connectivity index (χ2n) is 6.38. The van der Waals surface area contributed by atoms with Crippen LogP contribution >= 0.6 is 0 Å². The van der Waals surface area contributed by atoms with Crippen molar-refractivity contribution in [2.45, 2.75) is 19.0 Å². The monoisotopic (exact) mass is 390 g/mol. The standard InChI is InChI=1S/C22H22N4O3/c27-21(14-20(22(28)29)24-16-17-8-7-13-23-15-17)25-26(18-9-3-1-4-10-18)19-11-5-2-6-12-19/h1-13,15,20,24H,14,16H2,(H,25,27)(H,28,29)/t20-/m1/s1. The Bertz CT molecular complexity index is 881. The van der Waals surface area contributed by atoms with Crippen molar-refractivity contribution in [2.75, 3.05) is 5.01 Å². The zero-order valence-corrected chi connectivity index (χ0v) is 15.7. The molecule has 0 unspecified atom stereocenters. The number of hydrogen-bond donors (Lipinski definition) is 3. The Balaban J connectivity index is 1.68. The van der Waals surface area contributed by atoms with E-state index in [-0.39, 0.29) is 6.42 Å². The van der Waals surface area contributed by atoms with Crippen molar-refractivity contribution >= 4 is 23.3 Å². The van der Waals surface area contributed by atoms with Gasteiger partial charge in [0, 0.05) is 18.9 Å². The van der Waals surface area contributed by atoms with E-state index in [4.69, 9.17) is 0 Å². The van der Waals surface area contributed by atoms with Gasteiger partial charge in [0.15, 0.2) is 0 Å². The van der Waals surface area contributed by atoms with Crippen LogP contribution in [0.1, 0.15) is 12.0 Å². The summed E-state index contributed by atoms with van der Waals surface area (Å²) in [5.41, 5.74) is 5.19. The maximum atomic E-state index is 12.7. The lowest BCUT2D eigenvalue weighted by atomic mass is 10.2. The fourth-order valence-electron chi connectivity index (χ4n) is 2.78. The maximum Gasteiger partial charge on any atom is 0.321 e. The Labute approximate surface area is 169 Å². The molecule has 3 rings (SSSR count). The van der Waals surface area contributed by atoms with Gasteiger partial charge in [0.25, 0.3) is 0 Å². The maximum absolute atomic E-state index is 12.7. The lowest BCUT2D eigenvalue weighted by Crippen LogP contribution is -2.45. The van der Waals surface area contributed by atoms with Gasteiger partial charge in [-0.3, -0.25) is 30.3 Å². The second-order valence-corrected chi connectivity index (χ2v) is 6.38. The third-order valence-corrected chi connectivity index (χ3v) is 4.23. The molecule has 0 spiro atoms. The fourth-order valence-corrected chi connectivity index (χ4v) is 2.78. The summed E-state index contributed by atoms with van der Waals surface area (Å²) in [4.78, 5) is 28.3. The van der Waals surface area contributed by atoms with Crippen molar-refractivity contribution in [1.82, 2.24) is 15.7 Å². The van der Waals surface area contributed by atoms with E-state index in [0.717, 1.165) is 16.9 Å². The number of carboxylic acids is 1. The third kappa shape index (κ3) is 5.88. The molecule has 0 fully saturated rings. The van der Waals surface area contributed by atoms with Crippen LogP contribution in [-0.4, -0.2) is 28.0 Å². The number of benzene rings is 2. The van der Waals surface area contributed by atoms with Crippen molar-refractivity contribution < 1.29 is 14.7 Å². The van der Waals surface area contributed by atoms with E-state index in [1.165, 1.54) is 0 Å². The molecule has 2 aromatic carbocycles. The molecule has 0 aliphatic carbocycles. The Morgan fingerprint density at radius 3 is 2.07 bits per heavy atom. The average molecular weight is 390 g/mol. The second kappa shape index (κ2) is 10.0. The number of anilines is 2. The van der Waals surface area contributed by atoms with Crippen LogP contribution in [0.25, 0.3) is 0 Å². The molecule has 1 atom stereocenters. The van der Waals surface area contributed by atoms with Gasteiger partial charge in [-0.05, 0) is 35.9 Å². The Kier molecular flexibility index (Phi) is 6.91. The number of nitrogens with one attached hydrogen (secondary N) is 2. The first-order chi connectivity index (χ1) is 14.1. The van der Waals surface area contributed by atoms with Gasteiger partial charge in [0.2, 0.25) is 5.91 Å². The first-order valence-electron chi connectivity index (χ1n) is 9.18. The van der Waals surface area contributed by atoms with Crippen molar-refractivity contribution in [3.63, 3.8) is 0 Å². The zero-order chi connectivity index (χ0) is 20.5. The summed E-state index contributed by atoms with van der Waals surface area (Å²) in [5, 5.41) is 14.0. The number of carbonyl (C=O) groups excluding carboxylic acids is 1. The highest BCUT2D eigenvalue weighted by atomic mass is 16.4. The number of carbonyl (C=O) groups is 2. The molecule has 1 heterocycles. The molecule has 148 valence electrons. The highest BCUT2D eigenvalue weighted by Gasteiger charge is 2.22. The topological polar surface area (TPSA) is 94.6 Å². The molecule has 7 heteroatoms. The van der Waals surface area contributed by atoms with Crippen LogP contribution in [0.15, 0.2) is 85.2 Å². The zero-order valence-electron chi connectivity index (χ0n) is 15.7. The summed E-state index contributed by atoms with van der Waals surface area (Å²) < 4.78 is 0. The van der Waals surface area contributed by atoms with Crippen LogP contribution in [0.3, 0.4) is 0 Å². The van der Waals surface area contributed by atoms with Crippen LogP contribution in [0, 0.1) is 0 Å². The third-order valence-electron chi connectivity index (χ3n) is 4.23. The van der Waals surface area contributed by atoms with Crippen LogP contribution in [-0.2, 0) is 16.1 Å². The van der Waals surface area contributed by atoms with Gasteiger partial charge in [-0.25, -0.2) is 0 Å². The van der Waals surface area contributed by atoms with E-state index in [1.54, 1.807) is 23.5 Å². The summed E-state index contributed by atoms with van der Waals surface area (Å²) >= 11 is 0. The van der Waals surface area contributed by atoms with Gasteiger partial charge in [0.05, 0.1) is 17.8 Å². The molecule has 0 aliphatic rings. The molecule has 1 aromatic heterocycles. The number of aromatic nitrogens is 1. The van der Waals surface area contributed by atoms with E-state index < -0.39 is 17.9 Å². The Morgan fingerprint density at radius 1 is 0.931 bits per heavy atom. The average Bonchev–Trinajstić information content (AvgIpc) is 2.76. The molecule has 1 amide bonds. The van der Waals surface area contributed by atoms with Crippen molar-refractivity contribution in [2.24, 2.45) is 0 Å². The number of aliphatic carboxylic acids is 1. The number of amides is 1. The van der Waals surface area contributed by atoms with E-state index in [1.807, 2.05) is 66.7 Å². The van der Waals surface area contributed by atoms with E-state index in [2.05, 4.69) is 15.7 Å².